The number of esters is 1. The maximum Gasteiger partial charge on any atom is 0.305 e. The van der Waals surface area contributed by atoms with Gasteiger partial charge in [-0.1, -0.05) is 340 Å². The summed E-state index contributed by atoms with van der Waals surface area (Å²) < 4.78 is 5.49. The summed E-state index contributed by atoms with van der Waals surface area (Å²) in [7, 11) is 0. The topological polar surface area (TPSA) is 95.9 Å². The van der Waals surface area contributed by atoms with Gasteiger partial charge in [0.15, 0.2) is 0 Å². The molecule has 0 saturated carbocycles. The number of carbonyl (C=O) groups is 2. The molecule has 0 aromatic carbocycles. The van der Waals surface area contributed by atoms with Gasteiger partial charge in [0.2, 0.25) is 5.91 Å². The molecule has 0 aromatic rings. The van der Waals surface area contributed by atoms with E-state index in [1.54, 1.807) is 6.08 Å². The first-order chi connectivity index (χ1) is 37.5. The van der Waals surface area contributed by atoms with Crippen molar-refractivity contribution in [1.82, 2.24) is 5.32 Å². The Morgan fingerprint density at radius 3 is 0.934 bits per heavy atom. The molecule has 2 unspecified atom stereocenters. The molecule has 0 aromatic heterocycles. The summed E-state index contributed by atoms with van der Waals surface area (Å²) in [5.41, 5.74) is 0. The highest BCUT2D eigenvalue weighted by atomic mass is 16.5. The third-order valence-corrected chi connectivity index (χ3v) is 16.2. The quantitative estimate of drug-likeness (QED) is 0.0320. The van der Waals surface area contributed by atoms with Gasteiger partial charge in [0.05, 0.1) is 25.4 Å². The van der Waals surface area contributed by atoms with E-state index >= 15 is 0 Å². The van der Waals surface area contributed by atoms with Crippen molar-refractivity contribution in [2.75, 3.05) is 13.2 Å². The molecular weight excluding hydrogens is 935 g/mol. The Hall–Kier alpha value is -1.66. The summed E-state index contributed by atoms with van der Waals surface area (Å²) in [5, 5.41) is 23.2. The molecule has 0 fully saturated rings. The average Bonchev–Trinajstić information content (AvgIpc) is 3.42. The van der Waals surface area contributed by atoms with Gasteiger partial charge in [-0.15, -0.1) is 0 Å². The number of hydrogen-bond acceptors (Lipinski definition) is 5. The number of rotatable bonds is 65. The van der Waals surface area contributed by atoms with Crippen LogP contribution in [0, 0.1) is 0 Å². The molecule has 0 bridgehead atoms. The van der Waals surface area contributed by atoms with Crippen LogP contribution < -0.4 is 5.32 Å². The number of unbranched alkanes of at least 4 members (excludes halogenated alkanes) is 52. The Bertz CT molecular complexity index is 1190. The van der Waals surface area contributed by atoms with Gasteiger partial charge in [-0.3, -0.25) is 9.59 Å². The normalized spacial score (nSPS) is 12.6. The smallest absolute Gasteiger partial charge is 0.305 e. The van der Waals surface area contributed by atoms with Crippen LogP contribution in [0.25, 0.3) is 0 Å². The number of ether oxygens (including phenoxy) is 1. The SMILES string of the molecule is CCCCCCCCCCCCCCCCCCCCCC/C=C/C(O)C(CO)NC(=O)CCCCCCCCC/C=C\CCCCCCCCCCCCCOC(=O)CCCCCCCCCCCCCCCCC. The van der Waals surface area contributed by atoms with Crippen LogP contribution in [0.5, 0.6) is 0 Å². The Morgan fingerprint density at radius 1 is 0.355 bits per heavy atom. The van der Waals surface area contributed by atoms with Crippen LogP contribution in [-0.4, -0.2) is 47.4 Å². The lowest BCUT2D eigenvalue weighted by molar-refractivity contribution is -0.143. The number of nitrogens with one attached hydrogen (secondary N) is 1. The fourth-order valence-electron chi connectivity index (χ4n) is 10.9. The maximum atomic E-state index is 12.5. The summed E-state index contributed by atoms with van der Waals surface area (Å²) in [5.74, 6) is -0.0579. The lowest BCUT2D eigenvalue weighted by Crippen LogP contribution is -2.45. The fraction of sp³-hybridized carbons (Fsp3) is 0.914. The highest BCUT2D eigenvalue weighted by molar-refractivity contribution is 5.76. The van der Waals surface area contributed by atoms with Gasteiger partial charge in [-0.2, -0.15) is 0 Å². The van der Waals surface area contributed by atoms with Crippen molar-refractivity contribution in [3.8, 4) is 0 Å². The van der Waals surface area contributed by atoms with Gasteiger partial charge in [-0.25, -0.2) is 0 Å². The highest BCUT2D eigenvalue weighted by Gasteiger charge is 2.18. The number of allylic oxidation sites excluding steroid dienone is 3. The van der Waals surface area contributed by atoms with E-state index in [4.69, 9.17) is 4.74 Å². The van der Waals surface area contributed by atoms with Crippen molar-refractivity contribution in [2.45, 2.75) is 398 Å². The van der Waals surface area contributed by atoms with Crippen LogP contribution in [0.4, 0.5) is 0 Å². The number of carbonyl (C=O) groups excluding carboxylic acids is 2. The first-order valence-corrected chi connectivity index (χ1v) is 34.6. The van der Waals surface area contributed by atoms with Gasteiger partial charge < -0.3 is 20.3 Å². The summed E-state index contributed by atoms with van der Waals surface area (Å²) in [4.78, 5) is 24.6. The summed E-state index contributed by atoms with van der Waals surface area (Å²) in [6.07, 6.45) is 82.4. The van der Waals surface area contributed by atoms with Crippen LogP contribution in [0.15, 0.2) is 24.3 Å². The summed E-state index contributed by atoms with van der Waals surface area (Å²) in [6, 6.07) is -0.634. The zero-order chi connectivity index (χ0) is 55.0. The van der Waals surface area contributed by atoms with E-state index in [0.717, 1.165) is 44.9 Å². The van der Waals surface area contributed by atoms with E-state index in [9.17, 15) is 19.8 Å². The molecule has 0 aliphatic carbocycles. The second kappa shape index (κ2) is 65.9. The molecule has 76 heavy (non-hydrogen) atoms. The Balaban J connectivity index is 3.43. The third kappa shape index (κ3) is 61.6. The van der Waals surface area contributed by atoms with Crippen molar-refractivity contribution in [3.63, 3.8) is 0 Å². The molecule has 0 aliphatic rings. The second-order valence-corrected chi connectivity index (χ2v) is 23.9. The van der Waals surface area contributed by atoms with E-state index in [0.29, 0.717) is 19.4 Å². The van der Waals surface area contributed by atoms with Crippen molar-refractivity contribution >= 4 is 11.9 Å². The highest BCUT2D eigenvalue weighted by Crippen LogP contribution is 2.18. The van der Waals surface area contributed by atoms with Crippen LogP contribution in [0.3, 0.4) is 0 Å². The number of amides is 1. The molecule has 0 saturated heterocycles. The molecule has 0 spiro atoms. The molecule has 6 heteroatoms. The largest absolute Gasteiger partial charge is 0.466 e. The maximum absolute atomic E-state index is 12.5. The lowest BCUT2D eigenvalue weighted by Gasteiger charge is -2.20. The first kappa shape index (κ1) is 74.3. The van der Waals surface area contributed by atoms with Gasteiger partial charge in [0, 0.05) is 12.8 Å². The Labute approximate surface area is 475 Å². The molecule has 0 rings (SSSR count). The molecule has 3 N–H and O–H groups in total. The number of hydrogen-bond donors (Lipinski definition) is 3. The Morgan fingerprint density at radius 2 is 0.618 bits per heavy atom. The fourth-order valence-corrected chi connectivity index (χ4v) is 10.9. The lowest BCUT2D eigenvalue weighted by atomic mass is 10.0. The van der Waals surface area contributed by atoms with Crippen LogP contribution >= 0.6 is 0 Å². The summed E-state index contributed by atoms with van der Waals surface area (Å²) in [6.45, 7) is 4.94. The molecule has 6 nitrogen and oxygen atoms in total. The van der Waals surface area contributed by atoms with E-state index < -0.39 is 12.1 Å². The predicted octanol–water partition coefficient (Wildman–Crippen LogP) is 22.1. The van der Waals surface area contributed by atoms with E-state index in [-0.39, 0.29) is 18.5 Å². The Kier molecular flexibility index (Phi) is 64.4. The van der Waals surface area contributed by atoms with Crippen molar-refractivity contribution in [1.29, 1.82) is 0 Å². The second-order valence-electron chi connectivity index (χ2n) is 23.9. The standard InChI is InChI=1S/C70H135NO5/c1-3-5-7-9-11-13-15-17-19-20-21-22-25-28-31-35-38-42-46-50-54-58-62-68(73)67(66-72)71-69(74)63-59-55-51-47-43-39-36-32-29-26-23-24-27-30-33-37-41-45-49-53-57-61-65-76-70(75)64-60-56-52-48-44-40-34-18-16-14-12-10-8-6-4-2/h26,29,58,62,67-68,72-73H,3-25,27-28,30-57,59-61,63-66H2,1-2H3,(H,71,74)/b29-26-,62-58+. The van der Waals surface area contributed by atoms with Gasteiger partial charge in [-0.05, 0) is 57.8 Å². The predicted molar refractivity (Wildman–Crippen MR) is 333 cm³/mol. The van der Waals surface area contributed by atoms with Crippen molar-refractivity contribution in [2.24, 2.45) is 0 Å². The molecule has 450 valence electrons. The van der Waals surface area contributed by atoms with E-state index in [2.05, 4.69) is 31.3 Å². The molecule has 0 heterocycles. The van der Waals surface area contributed by atoms with E-state index in [1.807, 2.05) is 6.08 Å². The van der Waals surface area contributed by atoms with Crippen molar-refractivity contribution in [3.05, 3.63) is 24.3 Å². The zero-order valence-electron chi connectivity index (χ0n) is 51.5. The number of aliphatic hydroxyl groups is 2. The first-order valence-electron chi connectivity index (χ1n) is 34.6. The monoisotopic (exact) mass is 1070 g/mol. The average molecular weight is 1070 g/mol. The zero-order valence-corrected chi connectivity index (χ0v) is 51.5. The minimum atomic E-state index is -0.850. The summed E-state index contributed by atoms with van der Waals surface area (Å²) >= 11 is 0. The van der Waals surface area contributed by atoms with Crippen LogP contribution in [0.2, 0.25) is 0 Å². The van der Waals surface area contributed by atoms with Gasteiger partial charge in [0.25, 0.3) is 0 Å². The minimum absolute atomic E-state index is 0.0131. The third-order valence-electron chi connectivity index (χ3n) is 16.2. The molecule has 2 atom stereocenters. The van der Waals surface area contributed by atoms with E-state index in [1.165, 1.54) is 315 Å². The molecule has 1 amide bonds. The van der Waals surface area contributed by atoms with Gasteiger partial charge >= 0.3 is 5.97 Å². The van der Waals surface area contributed by atoms with Crippen molar-refractivity contribution < 1.29 is 24.5 Å². The minimum Gasteiger partial charge on any atom is -0.466 e. The van der Waals surface area contributed by atoms with Crippen LogP contribution in [0.1, 0.15) is 386 Å². The molecule has 0 aliphatic heterocycles. The van der Waals surface area contributed by atoms with Gasteiger partial charge in [0.1, 0.15) is 0 Å². The molecular formula is C70H135NO5. The molecule has 0 radical (unpaired) electrons. The van der Waals surface area contributed by atoms with Crippen LogP contribution in [-0.2, 0) is 14.3 Å². The number of aliphatic hydroxyl groups excluding tert-OH is 2.